The van der Waals surface area contributed by atoms with Crippen LogP contribution in [0.15, 0.2) is 85.5 Å². The van der Waals surface area contributed by atoms with Crippen molar-refractivity contribution in [1.82, 2.24) is 15.5 Å². The maximum atomic E-state index is 12.1. The molecule has 3 N–H and O–H groups in total. The first-order valence-electron chi connectivity index (χ1n) is 14.5. The molecule has 2 amide bonds. The van der Waals surface area contributed by atoms with Gasteiger partial charge >= 0.3 is 12.0 Å². The van der Waals surface area contributed by atoms with Crippen molar-refractivity contribution >= 4 is 12.0 Å². The summed E-state index contributed by atoms with van der Waals surface area (Å²) in [4.78, 5) is 25.7. The average Bonchev–Trinajstić information content (AvgIpc) is 3.03. The average molecular weight is 588 g/mol. The summed E-state index contributed by atoms with van der Waals surface area (Å²) in [6, 6.07) is 23.5. The summed E-state index contributed by atoms with van der Waals surface area (Å²) in [6.07, 6.45) is 1.88. The van der Waals surface area contributed by atoms with Gasteiger partial charge in [0.1, 0.15) is 6.54 Å². The Morgan fingerprint density at radius 3 is 2.44 bits per heavy atom. The molecule has 0 saturated carbocycles. The molecule has 0 aromatic heterocycles. The van der Waals surface area contributed by atoms with Crippen LogP contribution in [0.4, 0.5) is 4.79 Å². The molecule has 9 nitrogen and oxygen atoms in total. The van der Waals surface area contributed by atoms with Gasteiger partial charge in [-0.3, -0.25) is 4.79 Å². The van der Waals surface area contributed by atoms with Gasteiger partial charge in [0.2, 0.25) is 0 Å². The van der Waals surface area contributed by atoms with Crippen molar-refractivity contribution < 1.29 is 28.9 Å². The number of hydrogen-bond acceptors (Lipinski definition) is 7. The van der Waals surface area contributed by atoms with Gasteiger partial charge in [-0.05, 0) is 47.9 Å². The van der Waals surface area contributed by atoms with E-state index in [0.717, 1.165) is 52.9 Å². The molecule has 0 unspecified atom stereocenters. The first-order valence-corrected chi connectivity index (χ1v) is 14.5. The number of carbonyl (C=O) groups is 2. The Morgan fingerprint density at radius 2 is 1.74 bits per heavy atom. The molecule has 3 atom stereocenters. The monoisotopic (exact) mass is 587 g/mol. The van der Waals surface area contributed by atoms with E-state index in [1.165, 1.54) is 0 Å². The number of carbonyl (C=O) groups excluding carboxylic acids is 2. The molecular formula is C34H41N3O6. The quantitative estimate of drug-likeness (QED) is 0.193. The summed E-state index contributed by atoms with van der Waals surface area (Å²) in [5.41, 5.74) is 5.79. The summed E-state index contributed by atoms with van der Waals surface area (Å²) in [5.74, 6) is -0.477. The zero-order valence-electron chi connectivity index (χ0n) is 24.8. The lowest BCUT2D eigenvalue weighted by molar-refractivity contribution is -0.252. The highest BCUT2D eigenvalue weighted by molar-refractivity contribution is 5.80. The van der Waals surface area contributed by atoms with Gasteiger partial charge in [0.05, 0.1) is 25.4 Å². The molecule has 4 rings (SSSR count). The second kappa shape index (κ2) is 16.0. The minimum atomic E-state index is -0.531. The Bertz CT molecular complexity index is 1340. The van der Waals surface area contributed by atoms with Crippen LogP contribution in [0.3, 0.4) is 0 Å². The minimum absolute atomic E-state index is 0.00470. The molecule has 0 aliphatic carbocycles. The molecule has 0 bridgehead atoms. The predicted octanol–water partition coefficient (Wildman–Crippen LogP) is 4.87. The van der Waals surface area contributed by atoms with E-state index in [-0.39, 0.29) is 32.0 Å². The van der Waals surface area contributed by atoms with Gasteiger partial charge in [-0.15, -0.1) is 6.58 Å². The van der Waals surface area contributed by atoms with Gasteiger partial charge < -0.3 is 34.9 Å². The van der Waals surface area contributed by atoms with E-state index in [4.69, 9.17) is 14.2 Å². The largest absolute Gasteiger partial charge is 0.465 e. The van der Waals surface area contributed by atoms with E-state index >= 15 is 0 Å². The van der Waals surface area contributed by atoms with E-state index in [9.17, 15) is 14.7 Å². The van der Waals surface area contributed by atoms with Gasteiger partial charge in [0, 0.05) is 31.6 Å². The second-order valence-corrected chi connectivity index (χ2v) is 10.5. The number of benzene rings is 3. The first-order chi connectivity index (χ1) is 20.9. The van der Waals surface area contributed by atoms with Crippen molar-refractivity contribution in [2.24, 2.45) is 0 Å². The Hall–Kier alpha value is -4.02. The number of hydrogen-bond donors (Lipinski definition) is 3. The fourth-order valence-corrected chi connectivity index (χ4v) is 4.98. The highest BCUT2D eigenvalue weighted by atomic mass is 16.7. The number of urea groups is 1. The summed E-state index contributed by atoms with van der Waals surface area (Å²) in [6.45, 7) is 7.49. The van der Waals surface area contributed by atoms with Crippen LogP contribution in [0.1, 0.15) is 48.0 Å². The van der Waals surface area contributed by atoms with Crippen molar-refractivity contribution in [1.29, 1.82) is 0 Å². The molecule has 1 fully saturated rings. The maximum Gasteiger partial charge on any atom is 0.325 e. The molecule has 43 heavy (non-hydrogen) atoms. The topological polar surface area (TPSA) is 109 Å². The number of esters is 1. The van der Waals surface area contributed by atoms with E-state index in [0.29, 0.717) is 6.54 Å². The van der Waals surface area contributed by atoms with E-state index in [1.807, 2.05) is 78.9 Å². The van der Waals surface area contributed by atoms with Crippen molar-refractivity contribution in [2.75, 3.05) is 33.3 Å². The molecule has 1 heterocycles. The molecule has 1 aliphatic heterocycles. The van der Waals surface area contributed by atoms with Crippen LogP contribution in [0.25, 0.3) is 11.1 Å². The minimum Gasteiger partial charge on any atom is -0.465 e. The second-order valence-electron chi connectivity index (χ2n) is 10.5. The van der Waals surface area contributed by atoms with Gasteiger partial charge in [0.15, 0.2) is 6.29 Å². The normalized spacial score (nSPS) is 18.2. The Kier molecular flexibility index (Phi) is 11.9. The Labute approximate surface area is 253 Å². The highest BCUT2D eigenvalue weighted by Crippen LogP contribution is 2.38. The lowest BCUT2D eigenvalue weighted by atomic mass is 9.99. The smallest absolute Gasteiger partial charge is 0.325 e. The third kappa shape index (κ3) is 9.49. The van der Waals surface area contributed by atoms with E-state index < -0.39 is 18.3 Å². The van der Waals surface area contributed by atoms with Crippen molar-refractivity contribution in [3.8, 4) is 11.1 Å². The summed E-state index contributed by atoms with van der Waals surface area (Å²) in [7, 11) is 2.05. The Morgan fingerprint density at radius 1 is 1.00 bits per heavy atom. The standard InChI is InChI=1S/C34H41N3O6/c1-4-17-37(3)22-30-19-31(27-11-9-24(23-38)10-12-27)43-33(42-30)28-15-13-26(14-16-28)29-8-6-7-25(18-29)20-35-34(40)36-21-32(39)41-5-2/h4,6-16,18,30-31,33,38H,1,5,17,19-23H2,2-3H3,(H2,35,36,40)/t30-,31+,33+/m0/s1. The van der Waals surface area contributed by atoms with E-state index in [2.05, 4.69) is 29.2 Å². The molecule has 0 spiro atoms. The fourth-order valence-electron chi connectivity index (χ4n) is 4.98. The molecule has 1 saturated heterocycles. The van der Waals surface area contributed by atoms with Crippen LogP contribution in [0.5, 0.6) is 0 Å². The lowest BCUT2D eigenvalue weighted by Crippen LogP contribution is -2.38. The number of aliphatic hydroxyl groups excluding tert-OH is 1. The SMILES string of the molecule is C=CCN(C)C[C@@H]1C[C@H](c2ccc(CO)cc2)O[C@H](c2ccc(-c3cccc(CNC(=O)NCC(=O)OCC)c3)cc2)O1. The van der Waals surface area contributed by atoms with Crippen molar-refractivity contribution in [2.45, 2.75) is 45.0 Å². The van der Waals surface area contributed by atoms with Gasteiger partial charge in [-0.25, -0.2) is 4.79 Å². The number of aliphatic hydroxyl groups is 1. The molecular weight excluding hydrogens is 546 g/mol. The van der Waals surface area contributed by atoms with Crippen LogP contribution in [-0.4, -0.2) is 61.4 Å². The number of nitrogens with one attached hydrogen (secondary N) is 2. The Balaban J connectivity index is 1.43. The molecule has 3 aromatic carbocycles. The summed E-state index contributed by atoms with van der Waals surface area (Å²) in [5, 5.41) is 14.7. The zero-order chi connectivity index (χ0) is 30.6. The molecule has 1 aliphatic rings. The summed E-state index contributed by atoms with van der Waals surface area (Å²) >= 11 is 0. The van der Waals surface area contributed by atoms with E-state index in [1.54, 1.807) is 6.92 Å². The molecule has 0 radical (unpaired) electrons. The van der Waals surface area contributed by atoms with Gasteiger partial charge in [-0.2, -0.15) is 0 Å². The van der Waals surface area contributed by atoms with Crippen LogP contribution in [-0.2, 0) is 32.2 Å². The fraction of sp³-hybridized carbons (Fsp3) is 0.353. The molecule has 228 valence electrons. The first kappa shape index (κ1) is 31.9. The number of ether oxygens (including phenoxy) is 3. The van der Waals surface area contributed by atoms with Crippen molar-refractivity contribution in [3.05, 3.63) is 108 Å². The molecule has 3 aromatic rings. The van der Waals surface area contributed by atoms with Crippen LogP contribution in [0.2, 0.25) is 0 Å². The predicted molar refractivity (Wildman–Crippen MR) is 165 cm³/mol. The van der Waals surface area contributed by atoms with Gasteiger partial charge in [0.25, 0.3) is 0 Å². The summed E-state index contributed by atoms with van der Waals surface area (Å²) < 4.78 is 17.7. The third-order valence-electron chi connectivity index (χ3n) is 7.17. The maximum absolute atomic E-state index is 12.1. The van der Waals surface area contributed by atoms with Gasteiger partial charge in [-0.1, -0.05) is 72.8 Å². The van der Waals surface area contributed by atoms with Crippen LogP contribution < -0.4 is 10.6 Å². The highest BCUT2D eigenvalue weighted by Gasteiger charge is 2.32. The number of rotatable bonds is 13. The number of likely N-dealkylation sites (N-methyl/N-ethyl adjacent to an activating group) is 1. The lowest BCUT2D eigenvalue weighted by Gasteiger charge is -2.37. The molecule has 9 heteroatoms. The third-order valence-corrected chi connectivity index (χ3v) is 7.17. The van der Waals surface area contributed by atoms with Crippen LogP contribution >= 0.6 is 0 Å². The van der Waals surface area contributed by atoms with Crippen molar-refractivity contribution in [3.63, 3.8) is 0 Å². The zero-order valence-corrected chi connectivity index (χ0v) is 24.8. The number of nitrogens with zero attached hydrogens (tertiary/aromatic N) is 1. The van der Waals surface area contributed by atoms with Crippen LogP contribution in [0, 0.1) is 0 Å². The number of amides is 2.